The molecule has 1 aromatic heterocycles. The second-order valence-electron chi connectivity index (χ2n) is 4.16. The van der Waals surface area contributed by atoms with Crippen molar-refractivity contribution in [3.8, 4) is 0 Å². The van der Waals surface area contributed by atoms with Crippen LogP contribution in [0.25, 0.3) is 0 Å². The molecule has 1 rings (SSSR count). The molecular formula is C11H18BrN3O3S. The van der Waals surface area contributed by atoms with Gasteiger partial charge in [-0.1, -0.05) is 6.92 Å². The largest absolute Gasteiger partial charge is 0.349 e. The van der Waals surface area contributed by atoms with Gasteiger partial charge in [-0.15, -0.1) is 0 Å². The van der Waals surface area contributed by atoms with Gasteiger partial charge in [0.25, 0.3) is 5.91 Å². The summed E-state index contributed by atoms with van der Waals surface area (Å²) in [7, 11) is -3.21. The summed E-state index contributed by atoms with van der Waals surface area (Å²) in [6.45, 7) is 3.22. The molecule has 0 saturated carbocycles. The van der Waals surface area contributed by atoms with Gasteiger partial charge in [0.15, 0.2) is 0 Å². The highest BCUT2D eigenvalue weighted by Crippen LogP contribution is 2.15. The minimum atomic E-state index is -3.21. The SMILES string of the molecule is CCCn1cc(Br)cc1C(=O)NCCNS(C)(=O)=O. The summed E-state index contributed by atoms with van der Waals surface area (Å²) in [4.78, 5) is 11.9. The van der Waals surface area contributed by atoms with Gasteiger partial charge in [0.05, 0.1) is 6.26 Å². The molecule has 19 heavy (non-hydrogen) atoms. The topological polar surface area (TPSA) is 80.2 Å². The quantitative estimate of drug-likeness (QED) is 0.717. The third kappa shape index (κ3) is 5.75. The Bertz CT molecular complexity index is 539. The fourth-order valence-electron chi connectivity index (χ4n) is 1.59. The van der Waals surface area contributed by atoms with Crippen molar-refractivity contribution >= 4 is 31.9 Å². The number of halogens is 1. The average molecular weight is 352 g/mol. The zero-order valence-electron chi connectivity index (χ0n) is 10.9. The molecule has 6 nitrogen and oxygen atoms in total. The first kappa shape index (κ1) is 16.2. The first-order valence-electron chi connectivity index (χ1n) is 5.92. The van der Waals surface area contributed by atoms with E-state index in [1.54, 1.807) is 6.07 Å². The van der Waals surface area contributed by atoms with Crippen LogP contribution in [-0.2, 0) is 16.6 Å². The number of nitrogens with zero attached hydrogens (tertiary/aromatic N) is 1. The van der Waals surface area contributed by atoms with Gasteiger partial charge in [-0.05, 0) is 28.4 Å². The lowest BCUT2D eigenvalue weighted by atomic mass is 10.3. The van der Waals surface area contributed by atoms with Crippen molar-refractivity contribution < 1.29 is 13.2 Å². The van der Waals surface area contributed by atoms with Crippen LogP contribution in [-0.4, -0.2) is 38.2 Å². The smallest absolute Gasteiger partial charge is 0.267 e. The number of hydrogen-bond donors (Lipinski definition) is 2. The van der Waals surface area contributed by atoms with E-state index in [9.17, 15) is 13.2 Å². The van der Waals surface area contributed by atoms with Gasteiger partial charge in [-0.2, -0.15) is 0 Å². The maximum absolute atomic E-state index is 11.9. The lowest BCUT2D eigenvalue weighted by molar-refractivity contribution is 0.0945. The van der Waals surface area contributed by atoms with Gasteiger partial charge in [0.2, 0.25) is 10.0 Å². The van der Waals surface area contributed by atoms with Gasteiger partial charge in [0.1, 0.15) is 5.69 Å². The molecule has 0 aliphatic carbocycles. The molecule has 0 saturated heterocycles. The zero-order chi connectivity index (χ0) is 14.5. The van der Waals surface area contributed by atoms with Gasteiger partial charge < -0.3 is 9.88 Å². The van der Waals surface area contributed by atoms with Crippen LogP contribution in [0.1, 0.15) is 23.8 Å². The molecule has 0 bridgehead atoms. The Morgan fingerprint density at radius 1 is 1.42 bits per heavy atom. The van der Waals surface area contributed by atoms with E-state index in [4.69, 9.17) is 0 Å². The lowest BCUT2D eigenvalue weighted by Gasteiger charge is -2.08. The summed E-state index contributed by atoms with van der Waals surface area (Å²) in [6.07, 6.45) is 3.86. The number of rotatable bonds is 7. The van der Waals surface area contributed by atoms with E-state index in [-0.39, 0.29) is 19.0 Å². The van der Waals surface area contributed by atoms with E-state index >= 15 is 0 Å². The molecule has 0 unspecified atom stereocenters. The molecule has 8 heteroatoms. The number of sulfonamides is 1. The maximum atomic E-state index is 11.9. The molecule has 2 N–H and O–H groups in total. The average Bonchev–Trinajstić information content (AvgIpc) is 2.65. The molecule has 0 radical (unpaired) electrons. The second-order valence-corrected chi connectivity index (χ2v) is 6.91. The summed E-state index contributed by atoms with van der Waals surface area (Å²) >= 11 is 3.34. The number of carbonyl (C=O) groups is 1. The predicted molar refractivity (Wildman–Crippen MR) is 77.6 cm³/mol. The van der Waals surface area contributed by atoms with E-state index in [1.165, 1.54) is 0 Å². The predicted octanol–water partition coefficient (Wildman–Crippen LogP) is 0.940. The highest BCUT2D eigenvalue weighted by atomic mass is 79.9. The van der Waals surface area contributed by atoms with Crippen LogP contribution in [0.5, 0.6) is 0 Å². The number of nitrogens with one attached hydrogen (secondary N) is 2. The van der Waals surface area contributed by atoms with Crippen molar-refractivity contribution in [3.05, 3.63) is 22.4 Å². The van der Waals surface area contributed by atoms with Crippen molar-refractivity contribution in [2.24, 2.45) is 0 Å². The molecule has 0 atom stereocenters. The normalized spacial score (nSPS) is 11.5. The van der Waals surface area contributed by atoms with Gasteiger partial charge in [0, 0.05) is 30.3 Å². The maximum Gasteiger partial charge on any atom is 0.267 e. The molecule has 0 aromatic carbocycles. The van der Waals surface area contributed by atoms with Crippen LogP contribution in [0.4, 0.5) is 0 Å². The first-order valence-corrected chi connectivity index (χ1v) is 8.60. The highest BCUT2D eigenvalue weighted by Gasteiger charge is 2.12. The summed E-state index contributed by atoms with van der Waals surface area (Å²) in [5, 5.41) is 2.68. The van der Waals surface area contributed by atoms with Crippen LogP contribution in [0.3, 0.4) is 0 Å². The Morgan fingerprint density at radius 3 is 2.68 bits per heavy atom. The van der Waals surface area contributed by atoms with Crippen LogP contribution >= 0.6 is 15.9 Å². The van der Waals surface area contributed by atoms with E-state index in [2.05, 4.69) is 26.0 Å². The fraction of sp³-hybridized carbons (Fsp3) is 0.545. The van der Waals surface area contributed by atoms with Crippen LogP contribution in [0, 0.1) is 0 Å². The molecule has 1 aromatic rings. The zero-order valence-corrected chi connectivity index (χ0v) is 13.3. The molecule has 0 aliphatic rings. The minimum absolute atomic E-state index is 0.181. The third-order valence-electron chi connectivity index (χ3n) is 2.34. The Labute approximate surface area is 121 Å². The Morgan fingerprint density at radius 2 is 2.11 bits per heavy atom. The van der Waals surface area contributed by atoms with E-state index in [0.29, 0.717) is 5.69 Å². The van der Waals surface area contributed by atoms with Crippen LogP contribution < -0.4 is 10.0 Å². The Kier molecular flexibility index (Phi) is 6.02. The second kappa shape index (κ2) is 7.06. The molecular weight excluding hydrogens is 334 g/mol. The number of carbonyl (C=O) groups excluding carboxylic acids is 1. The van der Waals surface area contributed by atoms with Crippen molar-refractivity contribution in [1.82, 2.24) is 14.6 Å². The molecule has 0 aliphatic heterocycles. The van der Waals surface area contributed by atoms with Crippen molar-refractivity contribution in [3.63, 3.8) is 0 Å². The summed E-state index contributed by atoms with van der Waals surface area (Å²) in [5.74, 6) is -0.213. The Hall–Kier alpha value is -0.860. The summed E-state index contributed by atoms with van der Waals surface area (Å²) in [5.41, 5.74) is 0.563. The molecule has 1 amide bonds. The number of hydrogen-bond acceptors (Lipinski definition) is 3. The van der Waals surface area contributed by atoms with Crippen LogP contribution in [0.2, 0.25) is 0 Å². The van der Waals surface area contributed by atoms with Crippen molar-refractivity contribution in [2.45, 2.75) is 19.9 Å². The standard InChI is InChI=1S/C11H18BrN3O3S/c1-3-6-15-8-9(12)7-10(15)11(16)13-4-5-14-19(2,17)18/h7-8,14H,3-6H2,1-2H3,(H,13,16). The lowest BCUT2D eigenvalue weighted by Crippen LogP contribution is -2.34. The van der Waals surface area contributed by atoms with Gasteiger partial charge >= 0.3 is 0 Å². The van der Waals surface area contributed by atoms with E-state index < -0.39 is 10.0 Å². The first-order chi connectivity index (χ1) is 8.83. The monoisotopic (exact) mass is 351 g/mol. The number of aromatic nitrogens is 1. The molecule has 1 heterocycles. The summed E-state index contributed by atoms with van der Waals surface area (Å²) in [6, 6.07) is 1.75. The molecule has 0 spiro atoms. The van der Waals surface area contributed by atoms with Crippen molar-refractivity contribution in [2.75, 3.05) is 19.3 Å². The Balaban J connectivity index is 2.54. The van der Waals surface area contributed by atoms with E-state index in [1.807, 2.05) is 17.7 Å². The highest BCUT2D eigenvalue weighted by molar-refractivity contribution is 9.10. The van der Waals surface area contributed by atoms with Gasteiger partial charge in [-0.25, -0.2) is 13.1 Å². The fourth-order valence-corrected chi connectivity index (χ4v) is 2.53. The molecule has 108 valence electrons. The van der Waals surface area contributed by atoms with E-state index in [0.717, 1.165) is 23.7 Å². The third-order valence-corrected chi connectivity index (χ3v) is 3.50. The molecule has 0 fully saturated rings. The number of aryl methyl sites for hydroxylation is 1. The summed E-state index contributed by atoms with van der Waals surface area (Å²) < 4.78 is 26.7. The minimum Gasteiger partial charge on any atom is -0.349 e. The van der Waals surface area contributed by atoms with Crippen LogP contribution in [0.15, 0.2) is 16.7 Å². The van der Waals surface area contributed by atoms with Crippen molar-refractivity contribution in [1.29, 1.82) is 0 Å². The van der Waals surface area contributed by atoms with Gasteiger partial charge in [-0.3, -0.25) is 4.79 Å². The number of amides is 1.